The Morgan fingerprint density at radius 1 is 1.50 bits per heavy atom. The minimum absolute atomic E-state index is 0.0702. The van der Waals surface area contributed by atoms with Gasteiger partial charge >= 0.3 is 0 Å². The molecule has 4 nitrogen and oxygen atoms in total. The third-order valence-corrected chi connectivity index (χ3v) is 3.48. The first-order valence-corrected chi connectivity index (χ1v) is 6.63. The van der Waals surface area contributed by atoms with Crippen LogP contribution in [0.5, 0.6) is 0 Å². The van der Waals surface area contributed by atoms with Gasteiger partial charge in [0.15, 0.2) is 0 Å². The lowest BCUT2D eigenvalue weighted by Gasteiger charge is -2.17. The first kappa shape index (κ1) is 15.0. The lowest BCUT2D eigenvalue weighted by Crippen LogP contribution is -2.32. The van der Waals surface area contributed by atoms with Crippen molar-refractivity contribution in [1.82, 2.24) is 4.90 Å². The molecule has 0 saturated heterocycles. The Balaban J connectivity index is 2.72. The molecule has 0 atom stereocenters. The van der Waals surface area contributed by atoms with E-state index in [1.54, 1.807) is 19.1 Å². The molecule has 0 unspecified atom stereocenters. The molecule has 1 rings (SSSR count). The number of nitrogens with one attached hydrogen (secondary N) is 1. The first-order valence-electron chi connectivity index (χ1n) is 5.84. The maximum atomic E-state index is 11.7. The van der Waals surface area contributed by atoms with E-state index in [9.17, 15) is 4.79 Å². The number of halogens is 1. The summed E-state index contributed by atoms with van der Waals surface area (Å²) in [5.74, 6) is 0.0702. The lowest BCUT2D eigenvalue weighted by atomic mass is 10.2. The number of rotatable bonds is 6. The van der Waals surface area contributed by atoms with Crippen molar-refractivity contribution >= 4 is 27.5 Å². The number of nitrogens with zero attached hydrogens (tertiary/aromatic N) is 1. The molecule has 0 fully saturated rings. The van der Waals surface area contributed by atoms with Gasteiger partial charge in [0.25, 0.3) is 0 Å². The average molecular weight is 315 g/mol. The molecular weight excluding hydrogens is 296 g/mol. The van der Waals surface area contributed by atoms with Gasteiger partial charge in [0.05, 0.1) is 13.2 Å². The van der Waals surface area contributed by atoms with E-state index in [4.69, 9.17) is 4.74 Å². The van der Waals surface area contributed by atoms with Gasteiger partial charge in [-0.15, -0.1) is 0 Å². The van der Waals surface area contributed by atoms with E-state index in [0.717, 1.165) is 15.7 Å². The SMILES string of the molecule is CCN(C)C(=O)CNc1cccc(Br)c1COC. The molecule has 5 heteroatoms. The summed E-state index contributed by atoms with van der Waals surface area (Å²) in [4.78, 5) is 13.4. The van der Waals surface area contributed by atoms with Crippen molar-refractivity contribution in [2.75, 3.05) is 32.6 Å². The van der Waals surface area contributed by atoms with Gasteiger partial charge in [-0.2, -0.15) is 0 Å². The molecular formula is C13H19BrN2O2. The van der Waals surface area contributed by atoms with E-state index in [1.165, 1.54) is 0 Å². The highest BCUT2D eigenvalue weighted by molar-refractivity contribution is 9.10. The van der Waals surface area contributed by atoms with Crippen LogP contribution in [0.4, 0.5) is 5.69 Å². The number of likely N-dealkylation sites (N-methyl/N-ethyl adjacent to an activating group) is 1. The number of methoxy groups -OCH3 is 1. The van der Waals surface area contributed by atoms with Gasteiger partial charge < -0.3 is 15.0 Å². The molecule has 0 radical (unpaired) electrons. The molecule has 0 heterocycles. The van der Waals surface area contributed by atoms with E-state index in [2.05, 4.69) is 21.2 Å². The molecule has 0 spiro atoms. The minimum Gasteiger partial charge on any atom is -0.380 e. The molecule has 0 bridgehead atoms. The highest BCUT2D eigenvalue weighted by Gasteiger charge is 2.09. The second kappa shape index (κ2) is 7.38. The summed E-state index contributed by atoms with van der Waals surface area (Å²) in [6, 6.07) is 5.83. The fourth-order valence-electron chi connectivity index (χ4n) is 1.50. The van der Waals surface area contributed by atoms with Crippen molar-refractivity contribution in [2.24, 2.45) is 0 Å². The van der Waals surface area contributed by atoms with E-state index in [1.807, 2.05) is 25.1 Å². The lowest BCUT2D eigenvalue weighted by molar-refractivity contribution is -0.127. The van der Waals surface area contributed by atoms with Crippen molar-refractivity contribution in [1.29, 1.82) is 0 Å². The summed E-state index contributed by atoms with van der Waals surface area (Å²) in [6.45, 7) is 3.45. The van der Waals surface area contributed by atoms with E-state index >= 15 is 0 Å². The first-order chi connectivity index (χ1) is 8.60. The zero-order valence-corrected chi connectivity index (χ0v) is 12.6. The monoisotopic (exact) mass is 314 g/mol. The Morgan fingerprint density at radius 3 is 2.83 bits per heavy atom. The van der Waals surface area contributed by atoms with Gasteiger partial charge in [0.1, 0.15) is 0 Å². The number of ether oxygens (including phenoxy) is 1. The molecule has 1 aromatic rings. The zero-order valence-electron chi connectivity index (χ0n) is 11.0. The Morgan fingerprint density at radius 2 is 2.22 bits per heavy atom. The maximum Gasteiger partial charge on any atom is 0.241 e. The van der Waals surface area contributed by atoms with Crippen LogP contribution >= 0.6 is 15.9 Å². The second-order valence-electron chi connectivity index (χ2n) is 3.96. The number of hydrogen-bond donors (Lipinski definition) is 1. The zero-order chi connectivity index (χ0) is 13.5. The van der Waals surface area contributed by atoms with Gasteiger partial charge in [-0.3, -0.25) is 4.79 Å². The summed E-state index contributed by atoms with van der Waals surface area (Å²) in [5.41, 5.74) is 1.94. The summed E-state index contributed by atoms with van der Waals surface area (Å²) < 4.78 is 6.14. The minimum atomic E-state index is 0.0702. The van der Waals surface area contributed by atoms with Gasteiger partial charge in [-0.25, -0.2) is 0 Å². The standard InChI is InChI=1S/C13H19BrN2O2/c1-4-16(2)13(17)8-15-12-7-5-6-11(14)10(12)9-18-3/h5-7,15H,4,8-9H2,1-3H3. The van der Waals surface area contributed by atoms with Crippen LogP contribution in [0.3, 0.4) is 0 Å². The van der Waals surface area contributed by atoms with Crippen LogP contribution in [0, 0.1) is 0 Å². The summed E-state index contributed by atoms with van der Waals surface area (Å²) in [5, 5.41) is 3.15. The quantitative estimate of drug-likeness (QED) is 0.877. The van der Waals surface area contributed by atoms with Crippen molar-refractivity contribution in [3.05, 3.63) is 28.2 Å². The summed E-state index contributed by atoms with van der Waals surface area (Å²) >= 11 is 3.48. The summed E-state index contributed by atoms with van der Waals surface area (Å²) in [7, 11) is 3.44. The third-order valence-electron chi connectivity index (χ3n) is 2.74. The molecule has 0 aliphatic heterocycles. The van der Waals surface area contributed by atoms with Gasteiger partial charge in [0, 0.05) is 36.4 Å². The van der Waals surface area contributed by atoms with Crippen LogP contribution < -0.4 is 5.32 Å². The maximum absolute atomic E-state index is 11.7. The predicted octanol–water partition coefficient (Wildman–Crippen LogP) is 2.49. The Labute approximate surface area is 116 Å². The second-order valence-corrected chi connectivity index (χ2v) is 4.81. The number of carbonyl (C=O) groups is 1. The molecule has 0 aliphatic rings. The average Bonchev–Trinajstić information content (AvgIpc) is 2.38. The normalized spacial score (nSPS) is 10.2. The number of anilines is 1. The van der Waals surface area contributed by atoms with E-state index < -0.39 is 0 Å². The van der Waals surface area contributed by atoms with Crippen LogP contribution in [-0.2, 0) is 16.1 Å². The van der Waals surface area contributed by atoms with Crippen molar-refractivity contribution < 1.29 is 9.53 Å². The number of amides is 1. The Kier molecular flexibility index (Phi) is 6.15. The molecule has 0 aromatic heterocycles. The van der Waals surface area contributed by atoms with Gasteiger partial charge in [0.2, 0.25) is 5.91 Å². The summed E-state index contributed by atoms with van der Waals surface area (Å²) in [6.07, 6.45) is 0. The highest BCUT2D eigenvalue weighted by atomic mass is 79.9. The number of carbonyl (C=O) groups excluding carboxylic acids is 1. The Hall–Kier alpha value is -1.07. The molecule has 1 N–H and O–H groups in total. The van der Waals surface area contributed by atoms with Crippen molar-refractivity contribution in [3.63, 3.8) is 0 Å². The molecule has 0 aliphatic carbocycles. The molecule has 0 saturated carbocycles. The fourth-order valence-corrected chi connectivity index (χ4v) is 1.98. The van der Waals surface area contributed by atoms with Gasteiger partial charge in [-0.05, 0) is 19.1 Å². The topological polar surface area (TPSA) is 41.6 Å². The van der Waals surface area contributed by atoms with E-state index in [0.29, 0.717) is 13.2 Å². The van der Waals surface area contributed by atoms with Crippen molar-refractivity contribution in [3.8, 4) is 0 Å². The Bertz CT molecular complexity index is 410. The number of hydrogen-bond acceptors (Lipinski definition) is 3. The largest absolute Gasteiger partial charge is 0.380 e. The van der Waals surface area contributed by atoms with Crippen LogP contribution in [0.15, 0.2) is 22.7 Å². The van der Waals surface area contributed by atoms with E-state index in [-0.39, 0.29) is 12.5 Å². The van der Waals surface area contributed by atoms with Crippen LogP contribution in [0.1, 0.15) is 12.5 Å². The highest BCUT2D eigenvalue weighted by Crippen LogP contribution is 2.25. The van der Waals surface area contributed by atoms with Crippen molar-refractivity contribution in [2.45, 2.75) is 13.5 Å². The molecule has 1 aromatic carbocycles. The molecule has 1 amide bonds. The smallest absolute Gasteiger partial charge is 0.241 e. The molecule has 100 valence electrons. The van der Waals surface area contributed by atoms with Crippen LogP contribution in [0.2, 0.25) is 0 Å². The third kappa shape index (κ3) is 3.99. The van der Waals surface area contributed by atoms with Gasteiger partial charge in [-0.1, -0.05) is 22.0 Å². The fraction of sp³-hybridized carbons (Fsp3) is 0.462. The number of benzene rings is 1. The predicted molar refractivity (Wildman–Crippen MR) is 76.7 cm³/mol. The van der Waals surface area contributed by atoms with Crippen LogP contribution in [-0.4, -0.2) is 38.1 Å². The van der Waals surface area contributed by atoms with Crippen LogP contribution in [0.25, 0.3) is 0 Å². The molecule has 18 heavy (non-hydrogen) atoms.